The fraction of sp³-hybridized carbons (Fsp3) is 0.115. The molecular weight excluding hydrogens is 432 g/mol. The molecule has 1 aromatic heterocycles. The van der Waals surface area contributed by atoms with E-state index in [0.29, 0.717) is 34.1 Å². The van der Waals surface area contributed by atoms with Gasteiger partial charge in [0, 0.05) is 17.4 Å². The van der Waals surface area contributed by atoms with E-state index in [1.807, 2.05) is 54.6 Å². The number of amides is 2. The summed E-state index contributed by atoms with van der Waals surface area (Å²) in [7, 11) is 1.60. The van der Waals surface area contributed by atoms with Gasteiger partial charge in [0.25, 0.3) is 11.8 Å². The number of hydrogen-bond acceptors (Lipinski definition) is 5. The summed E-state index contributed by atoms with van der Waals surface area (Å²) in [6.07, 6.45) is 1.14. The number of ether oxygens (including phenoxy) is 2. The van der Waals surface area contributed by atoms with Gasteiger partial charge in [-0.15, -0.1) is 0 Å². The topological polar surface area (TPSA) is 94.5 Å². The van der Waals surface area contributed by atoms with E-state index >= 15 is 0 Å². The van der Waals surface area contributed by atoms with Gasteiger partial charge in [0.2, 0.25) is 0 Å². The van der Waals surface area contributed by atoms with E-state index in [1.54, 1.807) is 43.1 Å². The van der Waals surface area contributed by atoms with Gasteiger partial charge in [0.15, 0.2) is 6.10 Å². The zero-order valence-electron chi connectivity index (χ0n) is 18.6. The molecule has 5 rings (SSSR count). The fourth-order valence-corrected chi connectivity index (χ4v) is 3.70. The number of hydrogen-bond donors (Lipinski definition) is 2. The number of aromatic nitrogens is 2. The van der Waals surface area contributed by atoms with Gasteiger partial charge < -0.3 is 20.1 Å². The van der Waals surface area contributed by atoms with Crippen molar-refractivity contribution in [3.8, 4) is 28.4 Å². The summed E-state index contributed by atoms with van der Waals surface area (Å²) in [5.74, 6) is 0.706. The van der Waals surface area contributed by atoms with Crippen molar-refractivity contribution in [3.63, 3.8) is 0 Å². The molecule has 4 aromatic rings. The summed E-state index contributed by atoms with van der Waals surface area (Å²) in [5.41, 5.74) is 3.58. The first-order valence-corrected chi connectivity index (χ1v) is 10.7. The van der Waals surface area contributed by atoms with Crippen molar-refractivity contribution >= 4 is 23.2 Å². The van der Waals surface area contributed by atoms with Crippen LogP contribution in [0, 0.1) is 0 Å². The van der Waals surface area contributed by atoms with Crippen LogP contribution in [-0.2, 0) is 4.79 Å². The minimum absolute atomic E-state index is 0.234. The smallest absolute Gasteiger partial charge is 0.265 e. The maximum absolute atomic E-state index is 13.4. The lowest BCUT2D eigenvalue weighted by molar-refractivity contribution is -0.122. The molecule has 0 unspecified atom stereocenters. The number of anilines is 2. The number of carbonyl (C=O) groups excluding carboxylic acids is 2. The molecule has 0 spiro atoms. The molecule has 1 atom stereocenters. The highest BCUT2D eigenvalue weighted by Gasteiger charge is 2.24. The average Bonchev–Trinajstić information content (AvgIpc) is 3.31. The molecule has 2 heterocycles. The third-order valence-electron chi connectivity index (χ3n) is 5.51. The third kappa shape index (κ3) is 4.09. The number of methoxy groups -OCH3 is 1. The monoisotopic (exact) mass is 454 g/mol. The molecule has 8 heteroatoms. The predicted octanol–water partition coefficient (Wildman–Crippen LogP) is 4.52. The van der Waals surface area contributed by atoms with E-state index in [-0.39, 0.29) is 11.8 Å². The lowest BCUT2D eigenvalue weighted by atomic mass is 10.1. The van der Waals surface area contributed by atoms with Gasteiger partial charge in [-0.2, -0.15) is 5.10 Å². The largest absolute Gasteiger partial charge is 0.497 e. The summed E-state index contributed by atoms with van der Waals surface area (Å²) in [6.45, 7) is 1.68. The maximum atomic E-state index is 13.4. The van der Waals surface area contributed by atoms with Crippen LogP contribution in [0.1, 0.15) is 17.3 Å². The Morgan fingerprint density at radius 3 is 2.59 bits per heavy atom. The summed E-state index contributed by atoms with van der Waals surface area (Å²) < 4.78 is 12.5. The van der Waals surface area contributed by atoms with Gasteiger partial charge in [-0.1, -0.05) is 18.2 Å². The first kappa shape index (κ1) is 21.3. The van der Waals surface area contributed by atoms with Crippen LogP contribution in [-0.4, -0.2) is 34.8 Å². The molecule has 1 aliphatic heterocycles. The summed E-state index contributed by atoms with van der Waals surface area (Å²) in [6, 6.07) is 22.1. The average molecular weight is 454 g/mol. The minimum atomic E-state index is -0.566. The minimum Gasteiger partial charge on any atom is -0.497 e. The zero-order valence-corrected chi connectivity index (χ0v) is 18.6. The van der Waals surface area contributed by atoms with Gasteiger partial charge in [0.1, 0.15) is 17.2 Å². The molecular formula is C26H22N4O4. The lowest BCUT2D eigenvalue weighted by Gasteiger charge is -2.23. The quantitative estimate of drug-likeness (QED) is 0.462. The Bertz CT molecular complexity index is 1360. The molecule has 1 aliphatic rings. The molecule has 0 saturated carbocycles. The van der Waals surface area contributed by atoms with Crippen LogP contribution in [0.15, 0.2) is 79.0 Å². The second-order valence-corrected chi connectivity index (χ2v) is 7.81. The number of nitrogens with zero attached hydrogens (tertiary/aromatic N) is 2. The molecule has 170 valence electrons. The molecule has 2 amide bonds. The highest BCUT2D eigenvalue weighted by molar-refractivity contribution is 6.08. The first-order valence-electron chi connectivity index (χ1n) is 10.7. The Labute approximate surface area is 196 Å². The Morgan fingerprint density at radius 1 is 1.09 bits per heavy atom. The van der Waals surface area contributed by atoms with Gasteiger partial charge >= 0.3 is 0 Å². The van der Waals surface area contributed by atoms with E-state index in [1.165, 1.54) is 0 Å². The summed E-state index contributed by atoms with van der Waals surface area (Å²) in [5, 5.41) is 10.4. The lowest BCUT2D eigenvalue weighted by Crippen LogP contribution is -2.34. The number of fused-ring (bicyclic) bond motifs is 1. The van der Waals surface area contributed by atoms with E-state index in [4.69, 9.17) is 14.6 Å². The maximum Gasteiger partial charge on any atom is 0.265 e. The second-order valence-electron chi connectivity index (χ2n) is 7.81. The summed E-state index contributed by atoms with van der Waals surface area (Å²) >= 11 is 0. The normalized spacial score (nSPS) is 14.5. The van der Waals surface area contributed by atoms with E-state index < -0.39 is 6.10 Å². The molecule has 8 nitrogen and oxygen atoms in total. The number of rotatable bonds is 5. The molecule has 0 saturated heterocycles. The standard InChI is InChI=1S/C26H22N4O4/c1-16-25(31)28-22-14-18(10-13-23(22)34-16)27-26(32)21-15-30(19-6-4-3-5-7-19)29-24(21)17-8-11-20(33-2)12-9-17/h3-16H,1-2H3,(H,27,32)(H,28,31)/t16-/m1/s1. The van der Waals surface area contributed by atoms with E-state index in [2.05, 4.69) is 10.6 Å². The van der Waals surface area contributed by atoms with Crippen LogP contribution in [0.5, 0.6) is 11.5 Å². The Morgan fingerprint density at radius 2 is 1.85 bits per heavy atom. The van der Waals surface area contributed by atoms with Crippen LogP contribution in [0.3, 0.4) is 0 Å². The van der Waals surface area contributed by atoms with E-state index in [9.17, 15) is 9.59 Å². The molecule has 0 aliphatic carbocycles. The number of nitrogens with one attached hydrogen (secondary N) is 2. The van der Waals surface area contributed by atoms with Crippen molar-refractivity contribution in [2.24, 2.45) is 0 Å². The van der Waals surface area contributed by atoms with Gasteiger partial charge in [-0.25, -0.2) is 4.68 Å². The molecule has 0 fully saturated rings. The fourth-order valence-electron chi connectivity index (χ4n) is 3.70. The molecule has 34 heavy (non-hydrogen) atoms. The van der Waals surface area contributed by atoms with Crippen LogP contribution in [0.2, 0.25) is 0 Å². The van der Waals surface area contributed by atoms with Crippen molar-refractivity contribution in [2.75, 3.05) is 17.7 Å². The number of para-hydroxylation sites is 1. The van der Waals surface area contributed by atoms with Crippen molar-refractivity contribution in [1.82, 2.24) is 9.78 Å². The van der Waals surface area contributed by atoms with E-state index in [0.717, 1.165) is 11.3 Å². The van der Waals surface area contributed by atoms with Crippen LogP contribution >= 0.6 is 0 Å². The Hall–Kier alpha value is -4.59. The molecule has 3 aromatic carbocycles. The predicted molar refractivity (Wildman–Crippen MR) is 129 cm³/mol. The van der Waals surface area contributed by atoms with Crippen molar-refractivity contribution in [1.29, 1.82) is 0 Å². The van der Waals surface area contributed by atoms with Crippen molar-refractivity contribution in [3.05, 3.63) is 84.6 Å². The number of benzene rings is 3. The first-order chi connectivity index (χ1) is 16.5. The highest BCUT2D eigenvalue weighted by Crippen LogP contribution is 2.33. The van der Waals surface area contributed by atoms with Gasteiger partial charge in [-0.05, 0) is 61.5 Å². The van der Waals surface area contributed by atoms with Crippen LogP contribution in [0.4, 0.5) is 11.4 Å². The molecule has 0 bridgehead atoms. The molecule has 0 radical (unpaired) electrons. The highest BCUT2D eigenvalue weighted by atomic mass is 16.5. The summed E-state index contributed by atoms with van der Waals surface area (Å²) in [4.78, 5) is 25.3. The van der Waals surface area contributed by atoms with Crippen LogP contribution in [0.25, 0.3) is 16.9 Å². The molecule has 2 N–H and O–H groups in total. The Kier molecular flexibility index (Phi) is 5.47. The van der Waals surface area contributed by atoms with Crippen LogP contribution < -0.4 is 20.1 Å². The zero-order chi connectivity index (χ0) is 23.7. The Balaban J connectivity index is 1.49. The van der Waals surface area contributed by atoms with Crippen molar-refractivity contribution in [2.45, 2.75) is 13.0 Å². The number of carbonyl (C=O) groups is 2. The third-order valence-corrected chi connectivity index (χ3v) is 5.51. The van der Waals surface area contributed by atoms with Crippen molar-refractivity contribution < 1.29 is 19.1 Å². The second kappa shape index (κ2) is 8.74. The van der Waals surface area contributed by atoms with Gasteiger partial charge in [0.05, 0.1) is 24.0 Å². The van der Waals surface area contributed by atoms with Gasteiger partial charge in [-0.3, -0.25) is 9.59 Å². The SMILES string of the molecule is COc1ccc(-c2nn(-c3ccccc3)cc2C(=O)Nc2ccc3c(c2)NC(=O)[C@@H](C)O3)cc1.